The first-order valence-corrected chi connectivity index (χ1v) is 6.97. The van der Waals surface area contributed by atoms with E-state index in [4.69, 9.17) is 9.40 Å². The summed E-state index contributed by atoms with van der Waals surface area (Å²) in [6.45, 7) is 3.82. The molecule has 0 aliphatic rings. The lowest BCUT2D eigenvalue weighted by Gasteiger charge is -2.06. The molecule has 0 radical (unpaired) electrons. The van der Waals surface area contributed by atoms with Crippen LogP contribution in [0, 0.1) is 0 Å². The first-order valence-electron chi connectivity index (χ1n) is 6.97. The zero-order chi connectivity index (χ0) is 13.9. The fourth-order valence-electron chi connectivity index (χ4n) is 2.62. The molecular formula is C16H19N3O. The Labute approximate surface area is 118 Å². The second-order valence-electron chi connectivity index (χ2n) is 4.84. The molecule has 4 heteroatoms. The molecule has 0 aliphatic carbocycles. The van der Waals surface area contributed by atoms with E-state index >= 15 is 0 Å². The van der Waals surface area contributed by atoms with Crippen LogP contribution in [0.5, 0.6) is 0 Å². The molecular weight excluding hydrogens is 250 g/mol. The highest BCUT2D eigenvalue weighted by atomic mass is 16.3. The third kappa shape index (κ3) is 2.23. The van der Waals surface area contributed by atoms with Crippen molar-refractivity contribution in [2.24, 2.45) is 0 Å². The topological polar surface area (TPSA) is 43.0 Å². The van der Waals surface area contributed by atoms with Crippen molar-refractivity contribution in [1.82, 2.24) is 14.9 Å². The summed E-state index contributed by atoms with van der Waals surface area (Å²) in [5.74, 6) is 2.08. The minimum atomic E-state index is 0.745. The third-order valence-corrected chi connectivity index (χ3v) is 3.57. The maximum Gasteiger partial charge on any atom is 0.121 e. The van der Waals surface area contributed by atoms with Gasteiger partial charge in [-0.15, -0.1) is 0 Å². The molecule has 2 aromatic heterocycles. The van der Waals surface area contributed by atoms with Crippen molar-refractivity contribution in [1.29, 1.82) is 0 Å². The SMILES string of the molecule is CCn1c(Cc2ccoc2CNC)nc2ccccc21. The van der Waals surface area contributed by atoms with E-state index in [9.17, 15) is 0 Å². The summed E-state index contributed by atoms with van der Waals surface area (Å²) in [5.41, 5.74) is 3.45. The quantitative estimate of drug-likeness (QED) is 0.774. The van der Waals surface area contributed by atoms with E-state index in [2.05, 4.69) is 35.0 Å². The van der Waals surface area contributed by atoms with Crippen LogP contribution in [0.3, 0.4) is 0 Å². The van der Waals surface area contributed by atoms with Gasteiger partial charge in [0.25, 0.3) is 0 Å². The van der Waals surface area contributed by atoms with Crippen LogP contribution in [-0.2, 0) is 19.5 Å². The molecule has 1 N–H and O–H groups in total. The highest BCUT2D eigenvalue weighted by Gasteiger charge is 2.13. The van der Waals surface area contributed by atoms with Gasteiger partial charge in [-0.1, -0.05) is 12.1 Å². The summed E-state index contributed by atoms with van der Waals surface area (Å²) in [6, 6.07) is 10.3. The Morgan fingerprint density at radius 1 is 1.25 bits per heavy atom. The van der Waals surface area contributed by atoms with Crippen LogP contribution in [0.15, 0.2) is 41.0 Å². The number of imidazole rings is 1. The van der Waals surface area contributed by atoms with Gasteiger partial charge in [0.05, 0.1) is 23.8 Å². The standard InChI is InChI=1S/C16H19N3O/c1-3-19-14-7-5-4-6-13(14)18-16(19)10-12-8-9-20-15(12)11-17-2/h4-9,17H,3,10-11H2,1-2H3. The summed E-state index contributed by atoms with van der Waals surface area (Å²) >= 11 is 0. The summed E-state index contributed by atoms with van der Waals surface area (Å²) in [7, 11) is 1.92. The van der Waals surface area contributed by atoms with Gasteiger partial charge in [0.15, 0.2) is 0 Å². The van der Waals surface area contributed by atoms with Gasteiger partial charge in [-0.3, -0.25) is 0 Å². The van der Waals surface area contributed by atoms with E-state index < -0.39 is 0 Å². The molecule has 0 spiro atoms. The fourth-order valence-corrected chi connectivity index (χ4v) is 2.62. The number of aromatic nitrogens is 2. The Hall–Kier alpha value is -2.07. The number of nitrogens with zero attached hydrogens (tertiary/aromatic N) is 2. The van der Waals surface area contributed by atoms with Gasteiger partial charge in [-0.2, -0.15) is 0 Å². The predicted octanol–water partition coefficient (Wildman–Crippen LogP) is 2.96. The van der Waals surface area contributed by atoms with E-state index in [1.807, 2.05) is 19.2 Å². The molecule has 0 fully saturated rings. The normalized spacial score (nSPS) is 11.3. The molecule has 2 heterocycles. The van der Waals surface area contributed by atoms with Crippen LogP contribution in [-0.4, -0.2) is 16.6 Å². The lowest BCUT2D eigenvalue weighted by molar-refractivity contribution is 0.490. The number of hydrogen-bond donors (Lipinski definition) is 1. The fraction of sp³-hybridized carbons (Fsp3) is 0.312. The number of fused-ring (bicyclic) bond motifs is 1. The number of hydrogen-bond acceptors (Lipinski definition) is 3. The van der Waals surface area contributed by atoms with Crippen molar-refractivity contribution in [3.8, 4) is 0 Å². The van der Waals surface area contributed by atoms with Crippen molar-refractivity contribution in [2.45, 2.75) is 26.4 Å². The molecule has 20 heavy (non-hydrogen) atoms. The van der Waals surface area contributed by atoms with E-state index in [0.717, 1.165) is 36.6 Å². The summed E-state index contributed by atoms with van der Waals surface area (Å²) < 4.78 is 7.79. The number of furan rings is 1. The minimum Gasteiger partial charge on any atom is -0.468 e. The molecule has 0 bridgehead atoms. The molecule has 3 aromatic rings. The smallest absolute Gasteiger partial charge is 0.121 e. The van der Waals surface area contributed by atoms with Crippen LogP contribution in [0.4, 0.5) is 0 Å². The van der Waals surface area contributed by atoms with E-state index in [-0.39, 0.29) is 0 Å². The van der Waals surface area contributed by atoms with Crippen molar-refractivity contribution in [3.05, 3.63) is 53.7 Å². The van der Waals surface area contributed by atoms with E-state index in [1.54, 1.807) is 6.26 Å². The largest absolute Gasteiger partial charge is 0.468 e. The van der Waals surface area contributed by atoms with E-state index in [0.29, 0.717) is 0 Å². The number of benzene rings is 1. The van der Waals surface area contributed by atoms with Gasteiger partial charge in [0.1, 0.15) is 11.6 Å². The number of rotatable bonds is 5. The Morgan fingerprint density at radius 3 is 2.90 bits per heavy atom. The van der Waals surface area contributed by atoms with Crippen molar-refractivity contribution in [3.63, 3.8) is 0 Å². The molecule has 0 unspecified atom stereocenters. The summed E-state index contributed by atoms with van der Waals surface area (Å²) in [6.07, 6.45) is 2.55. The molecule has 104 valence electrons. The molecule has 3 rings (SSSR count). The molecule has 1 aromatic carbocycles. The number of nitrogens with one attached hydrogen (secondary N) is 1. The zero-order valence-corrected chi connectivity index (χ0v) is 11.9. The van der Waals surface area contributed by atoms with Gasteiger partial charge < -0.3 is 14.3 Å². The number of aryl methyl sites for hydroxylation is 1. The maximum atomic E-state index is 5.53. The second-order valence-corrected chi connectivity index (χ2v) is 4.84. The van der Waals surface area contributed by atoms with Crippen LogP contribution < -0.4 is 5.32 Å². The van der Waals surface area contributed by atoms with E-state index in [1.165, 1.54) is 11.1 Å². The van der Waals surface area contributed by atoms with Crippen molar-refractivity contribution in [2.75, 3.05) is 7.05 Å². The molecule has 4 nitrogen and oxygen atoms in total. The average Bonchev–Trinajstić information content (AvgIpc) is 3.03. The van der Waals surface area contributed by atoms with Gasteiger partial charge in [0.2, 0.25) is 0 Å². The monoisotopic (exact) mass is 269 g/mol. The first-order chi connectivity index (χ1) is 9.83. The molecule has 0 aliphatic heterocycles. The lowest BCUT2D eigenvalue weighted by Crippen LogP contribution is -2.08. The van der Waals surface area contributed by atoms with Gasteiger partial charge in [-0.25, -0.2) is 4.98 Å². The highest BCUT2D eigenvalue weighted by molar-refractivity contribution is 5.76. The lowest BCUT2D eigenvalue weighted by atomic mass is 10.1. The number of para-hydroxylation sites is 2. The Balaban J connectivity index is 1.99. The third-order valence-electron chi connectivity index (χ3n) is 3.57. The van der Waals surface area contributed by atoms with Gasteiger partial charge in [0, 0.05) is 18.5 Å². The Kier molecular flexibility index (Phi) is 3.56. The zero-order valence-electron chi connectivity index (χ0n) is 11.9. The minimum absolute atomic E-state index is 0.745. The molecule has 0 saturated carbocycles. The van der Waals surface area contributed by atoms with Crippen LogP contribution in [0.1, 0.15) is 24.1 Å². The highest BCUT2D eigenvalue weighted by Crippen LogP contribution is 2.20. The van der Waals surface area contributed by atoms with Crippen LogP contribution in [0.25, 0.3) is 11.0 Å². The molecule has 0 atom stereocenters. The maximum absolute atomic E-state index is 5.53. The second kappa shape index (κ2) is 5.51. The van der Waals surface area contributed by atoms with Gasteiger partial charge >= 0.3 is 0 Å². The molecule has 0 amide bonds. The van der Waals surface area contributed by atoms with Gasteiger partial charge in [-0.05, 0) is 32.2 Å². The van der Waals surface area contributed by atoms with Crippen LogP contribution in [0.2, 0.25) is 0 Å². The first kappa shape index (κ1) is 12.9. The Morgan fingerprint density at radius 2 is 2.10 bits per heavy atom. The summed E-state index contributed by atoms with van der Waals surface area (Å²) in [4.78, 5) is 4.76. The van der Waals surface area contributed by atoms with Crippen LogP contribution >= 0.6 is 0 Å². The summed E-state index contributed by atoms with van der Waals surface area (Å²) in [5, 5.41) is 3.13. The Bertz CT molecular complexity index is 711. The molecule has 0 saturated heterocycles. The predicted molar refractivity (Wildman–Crippen MR) is 79.7 cm³/mol. The van der Waals surface area contributed by atoms with Crippen molar-refractivity contribution < 1.29 is 4.42 Å². The van der Waals surface area contributed by atoms with Crippen molar-refractivity contribution >= 4 is 11.0 Å². The average molecular weight is 269 g/mol.